The minimum absolute atomic E-state index is 0.125. The molecule has 0 aliphatic rings. The van der Waals surface area contributed by atoms with Gasteiger partial charge in [-0.05, 0) is 43.7 Å². The van der Waals surface area contributed by atoms with Crippen LogP contribution in [0.15, 0.2) is 47.4 Å². The number of aromatic amines is 1. The first kappa shape index (κ1) is 17.2. The average molecular weight is 357 g/mol. The zero-order valence-electron chi connectivity index (χ0n) is 14.2. The summed E-state index contributed by atoms with van der Waals surface area (Å²) in [5, 5.41) is 2.87. The Morgan fingerprint density at radius 2 is 1.92 bits per heavy atom. The number of aryl methyl sites for hydroxylation is 1. The van der Waals surface area contributed by atoms with Crippen molar-refractivity contribution in [1.82, 2.24) is 15.3 Å². The molecule has 7 heteroatoms. The van der Waals surface area contributed by atoms with Gasteiger partial charge in [0.05, 0.1) is 22.0 Å². The predicted molar refractivity (Wildman–Crippen MR) is 96.3 cm³/mol. The van der Waals surface area contributed by atoms with E-state index in [1.807, 2.05) is 31.2 Å². The summed E-state index contributed by atoms with van der Waals surface area (Å²) in [5.74, 6) is 0.308. The molecule has 130 valence electrons. The third kappa shape index (κ3) is 3.56. The van der Waals surface area contributed by atoms with Gasteiger partial charge in [-0.1, -0.05) is 18.2 Å². The van der Waals surface area contributed by atoms with Gasteiger partial charge >= 0.3 is 0 Å². The van der Waals surface area contributed by atoms with Gasteiger partial charge in [0.25, 0.3) is 5.91 Å². The maximum Gasteiger partial charge on any atom is 0.252 e. The van der Waals surface area contributed by atoms with Crippen LogP contribution in [0, 0.1) is 6.92 Å². The molecule has 1 amide bonds. The number of fused-ring (bicyclic) bond motifs is 1. The number of carbonyl (C=O) groups is 1. The monoisotopic (exact) mass is 357 g/mol. The third-order valence-electron chi connectivity index (χ3n) is 4.05. The Morgan fingerprint density at radius 3 is 2.60 bits per heavy atom. The molecule has 2 aromatic carbocycles. The van der Waals surface area contributed by atoms with Crippen LogP contribution in [0.2, 0.25) is 0 Å². The molecular weight excluding hydrogens is 338 g/mol. The highest BCUT2D eigenvalue weighted by atomic mass is 32.2. The van der Waals surface area contributed by atoms with E-state index in [1.54, 1.807) is 13.0 Å². The number of carbonyl (C=O) groups excluding carboxylic acids is 1. The SMILES string of the molecule is Cc1ccc(S(C)(=O)=O)cc1C(=O)N[C@H](C)c1nc2ccccc2[nH]1. The van der Waals surface area contributed by atoms with Gasteiger partial charge in [0, 0.05) is 11.8 Å². The van der Waals surface area contributed by atoms with Crippen molar-refractivity contribution in [3.63, 3.8) is 0 Å². The van der Waals surface area contributed by atoms with Crippen molar-refractivity contribution in [2.24, 2.45) is 0 Å². The van der Waals surface area contributed by atoms with Gasteiger partial charge in [0.15, 0.2) is 9.84 Å². The summed E-state index contributed by atoms with van der Waals surface area (Å²) in [6.07, 6.45) is 1.12. The minimum atomic E-state index is -3.37. The molecule has 3 rings (SSSR count). The molecule has 2 N–H and O–H groups in total. The zero-order chi connectivity index (χ0) is 18.2. The molecule has 0 unspecified atom stereocenters. The Bertz CT molecular complexity index is 1020. The maximum absolute atomic E-state index is 12.6. The first-order chi connectivity index (χ1) is 11.8. The van der Waals surface area contributed by atoms with E-state index in [9.17, 15) is 13.2 Å². The van der Waals surface area contributed by atoms with Gasteiger partial charge in [-0.3, -0.25) is 4.79 Å². The largest absolute Gasteiger partial charge is 0.342 e. The van der Waals surface area contributed by atoms with Crippen LogP contribution in [0.4, 0.5) is 0 Å². The summed E-state index contributed by atoms with van der Waals surface area (Å²) < 4.78 is 23.4. The normalized spacial score (nSPS) is 12.9. The number of nitrogens with one attached hydrogen (secondary N) is 2. The molecule has 0 saturated carbocycles. The van der Waals surface area contributed by atoms with Crippen molar-refractivity contribution >= 4 is 26.8 Å². The summed E-state index contributed by atoms with van der Waals surface area (Å²) in [6.45, 7) is 3.60. The van der Waals surface area contributed by atoms with Crippen molar-refractivity contribution in [2.75, 3.05) is 6.26 Å². The van der Waals surface area contributed by atoms with Gasteiger partial charge in [-0.25, -0.2) is 13.4 Å². The molecule has 0 fully saturated rings. The summed E-state index contributed by atoms with van der Waals surface area (Å²) in [7, 11) is -3.37. The molecule has 0 aliphatic heterocycles. The highest BCUT2D eigenvalue weighted by Crippen LogP contribution is 2.19. The molecule has 3 aromatic rings. The van der Waals surface area contributed by atoms with E-state index in [1.165, 1.54) is 12.1 Å². The van der Waals surface area contributed by atoms with Gasteiger partial charge in [0.1, 0.15) is 5.82 Å². The lowest BCUT2D eigenvalue weighted by Crippen LogP contribution is -2.28. The second-order valence-electron chi connectivity index (χ2n) is 6.08. The van der Waals surface area contributed by atoms with Crippen molar-refractivity contribution in [3.8, 4) is 0 Å². The van der Waals surface area contributed by atoms with Crippen LogP contribution in [0.1, 0.15) is 34.7 Å². The van der Waals surface area contributed by atoms with Crippen LogP contribution in [0.5, 0.6) is 0 Å². The molecule has 0 bridgehead atoms. The first-order valence-corrected chi connectivity index (χ1v) is 9.71. The minimum Gasteiger partial charge on any atom is -0.342 e. The molecular formula is C18H19N3O3S. The lowest BCUT2D eigenvalue weighted by atomic mass is 10.1. The van der Waals surface area contributed by atoms with Crippen LogP contribution in [0.3, 0.4) is 0 Å². The predicted octanol–water partition coefficient (Wildman–Crippen LogP) is 2.77. The van der Waals surface area contributed by atoms with Crippen LogP contribution in [-0.2, 0) is 9.84 Å². The van der Waals surface area contributed by atoms with E-state index in [0.717, 1.165) is 17.3 Å². The number of imidazole rings is 1. The molecule has 1 heterocycles. The number of rotatable bonds is 4. The smallest absolute Gasteiger partial charge is 0.252 e. The number of hydrogen-bond donors (Lipinski definition) is 2. The average Bonchev–Trinajstić information content (AvgIpc) is 2.98. The van der Waals surface area contributed by atoms with Crippen molar-refractivity contribution in [1.29, 1.82) is 0 Å². The van der Waals surface area contributed by atoms with E-state index in [-0.39, 0.29) is 16.8 Å². The quantitative estimate of drug-likeness (QED) is 0.751. The number of benzene rings is 2. The lowest BCUT2D eigenvalue weighted by Gasteiger charge is -2.13. The van der Waals surface area contributed by atoms with Crippen LogP contribution >= 0.6 is 0 Å². The second kappa shape index (κ2) is 6.33. The molecule has 0 aliphatic carbocycles. The molecule has 6 nitrogen and oxygen atoms in total. The number of H-pyrrole nitrogens is 1. The van der Waals surface area contributed by atoms with Crippen LogP contribution in [0.25, 0.3) is 11.0 Å². The molecule has 0 saturated heterocycles. The number of amides is 1. The van der Waals surface area contributed by atoms with E-state index in [2.05, 4.69) is 15.3 Å². The molecule has 1 aromatic heterocycles. The highest BCUT2D eigenvalue weighted by molar-refractivity contribution is 7.90. The highest BCUT2D eigenvalue weighted by Gasteiger charge is 2.18. The third-order valence-corrected chi connectivity index (χ3v) is 5.16. The molecule has 25 heavy (non-hydrogen) atoms. The van der Waals surface area contributed by atoms with E-state index in [0.29, 0.717) is 17.0 Å². The fraction of sp³-hybridized carbons (Fsp3) is 0.222. The summed E-state index contributed by atoms with van der Waals surface area (Å²) in [4.78, 5) is 20.4. The Balaban J connectivity index is 1.86. The Hall–Kier alpha value is -2.67. The van der Waals surface area contributed by atoms with Gasteiger partial charge in [-0.2, -0.15) is 0 Å². The number of para-hydroxylation sites is 2. The maximum atomic E-state index is 12.6. The van der Waals surface area contributed by atoms with Crippen molar-refractivity contribution < 1.29 is 13.2 Å². The van der Waals surface area contributed by atoms with Crippen molar-refractivity contribution in [3.05, 3.63) is 59.4 Å². The standard InChI is InChI=1S/C18H19N3O3S/c1-11-8-9-13(25(3,23)24)10-14(11)18(22)19-12(2)17-20-15-6-4-5-7-16(15)21-17/h4-10,12H,1-3H3,(H,19,22)(H,20,21)/t12-/m1/s1. The van der Waals surface area contributed by atoms with E-state index < -0.39 is 9.84 Å². The fourth-order valence-electron chi connectivity index (χ4n) is 2.60. The summed E-state index contributed by atoms with van der Waals surface area (Å²) >= 11 is 0. The Kier molecular flexibility index (Phi) is 4.34. The molecule has 0 radical (unpaired) electrons. The van der Waals surface area contributed by atoms with Crippen LogP contribution < -0.4 is 5.32 Å². The van der Waals surface area contributed by atoms with Gasteiger partial charge < -0.3 is 10.3 Å². The zero-order valence-corrected chi connectivity index (χ0v) is 15.0. The number of hydrogen-bond acceptors (Lipinski definition) is 4. The van der Waals surface area contributed by atoms with E-state index in [4.69, 9.17) is 0 Å². The Morgan fingerprint density at radius 1 is 1.20 bits per heavy atom. The van der Waals surface area contributed by atoms with Gasteiger partial charge in [-0.15, -0.1) is 0 Å². The molecule has 0 spiro atoms. The molecule has 1 atom stereocenters. The topological polar surface area (TPSA) is 91.9 Å². The number of sulfone groups is 1. The number of aromatic nitrogens is 2. The summed E-state index contributed by atoms with van der Waals surface area (Å²) in [5.41, 5.74) is 2.77. The number of nitrogens with zero attached hydrogens (tertiary/aromatic N) is 1. The van der Waals surface area contributed by atoms with Crippen LogP contribution in [-0.4, -0.2) is 30.5 Å². The van der Waals surface area contributed by atoms with Crippen molar-refractivity contribution in [2.45, 2.75) is 24.8 Å². The van der Waals surface area contributed by atoms with E-state index >= 15 is 0 Å². The fourth-order valence-corrected chi connectivity index (χ4v) is 3.24. The summed E-state index contributed by atoms with van der Waals surface area (Å²) in [6, 6.07) is 11.8. The first-order valence-electron chi connectivity index (χ1n) is 7.82. The van der Waals surface area contributed by atoms with Gasteiger partial charge in [0.2, 0.25) is 0 Å². The lowest BCUT2D eigenvalue weighted by molar-refractivity contribution is 0.0937. The second-order valence-corrected chi connectivity index (χ2v) is 8.10. The Labute approximate surface area is 146 Å².